The Bertz CT molecular complexity index is 847. The second-order valence-electron chi connectivity index (χ2n) is 5.10. The lowest BCUT2D eigenvalue weighted by Gasteiger charge is -2.12. The van der Waals surface area contributed by atoms with Crippen molar-refractivity contribution in [2.24, 2.45) is 0 Å². The standard InChI is InChI=1S/C17H18ClN3OS/c1-4-11-9-12-16(20-15(5-2)21-17(12)23-11)19-13-8-10(18)6-7-14(13)22-3/h6-9H,4-5H2,1-3H3,(H,19,20,21). The predicted octanol–water partition coefficient (Wildman–Crippen LogP) is 5.22. The molecule has 1 aromatic carbocycles. The maximum atomic E-state index is 6.12. The zero-order valence-corrected chi connectivity index (χ0v) is 14.9. The number of aromatic nitrogens is 2. The topological polar surface area (TPSA) is 47.0 Å². The average Bonchev–Trinajstić information content (AvgIpc) is 2.98. The second-order valence-corrected chi connectivity index (χ2v) is 6.65. The summed E-state index contributed by atoms with van der Waals surface area (Å²) in [7, 11) is 1.64. The molecule has 0 amide bonds. The van der Waals surface area contributed by atoms with Gasteiger partial charge in [-0.25, -0.2) is 9.97 Å². The van der Waals surface area contributed by atoms with E-state index in [-0.39, 0.29) is 0 Å². The predicted molar refractivity (Wildman–Crippen MR) is 97.5 cm³/mol. The molecule has 23 heavy (non-hydrogen) atoms. The number of hydrogen-bond donors (Lipinski definition) is 1. The number of anilines is 2. The summed E-state index contributed by atoms with van der Waals surface area (Å²) in [5.74, 6) is 2.35. The summed E-state index contributed by atoms with van der Waals surface area (Å²) in [4.78, 5) is 11.6. The maximum absolute atomic E-state index is 6.12. The molecule has 0 atom stereocenters. The molecule has 120 valence electrons. The third-order valence-electron chi connectivity index (χ3n) is 3.57. The Balaban J connectivity index is 2.11. The van der Waals surface area contributed by atoms with Crippen molar-refractivity contribution in [1.82, 2.24) is 9.97 Å². The molecule has 0 aliphatic rings. The van der Waals surface area contributed by atoms with Gasteiger partial charge in [-0.05, 0) is 30.7 Å². The highest BCUT2D eigenvalue weighted by atomic mass is 35.5. The summed E-state index contributed by atoms with van der Waals surface area (Å²) < 4.78 is 5.41. The van der Waals surface area contributed by atoms with E-state index < -0.39 is 0 Å². The van der Waals surface area contributed by atoms with Crippen LogP contribution in [0.1, 0.15) is 24.5 Å². The van der Waals surface area contributed by atoms with Gasteiger partial charge in [-0.15, -0.1) is 11.3 Å². The van der Waals surface area contributed by atoms with Crippen LogP contribution in [0, 0.1) is 0 Å². The SMILES string of the molecule is CCc1nc(Nc2cc(Cl)ccc2OC)c2cc(CC)sc2n1. The summed E-state index contributed by atoms with van der Waals surface area (Å²) in [6.07, 6.45) is 1.78. The monoisotopic (exact) mass is 347 g/mol. The van der Waals surface area contributed by atoms with Gasteiger partial charge in [0.1, 0.15) is 22.2 Å². The van der Waals surface area contributed by atoms with Crippen molar-refractivity contribution in [2.75, 3.05) is 12.4 Å². The van der Waals surface area contributed by atoms with Crippen LogP contribution < -0.4 is 10.1 Å². The van der Waals surface area contributed by atoms with Gasteiger partial charge in [0.05, 0.1) is 18.2 Å². The number of nitrogens with one attached hydrogen (secondary N) is 1. The fourth-order valence-electron chi connectivity index (χ4n) is 2.35. The summed E-state index contributed by atoms with van der Waals surface area (Å²) >= 11 is 7.83. The zero-order valence-electron chi connectivity index (χ0n) is 13.3. The molecule has 0 bridgehead atoms. The number of nitrogens with zero attached hydrogens (tertiary/aromatic N) is 2. The van der Waals surface area contributed by atoms with Crippen LogP contribution in [0.5, 0.6) is 5.75 Å². The smallest absolute Gasteiger partial charge is 0.143 e. The first-order valence-electron chi connectivity index (χ1n) is 7.54. The number of hydrogen-bond acceptors (Lipinski definition) is 5. The van der Waals surface area contributed by atoms with Crippen LogP contribution in [0.15, 0.2) is 24.3 Å². The molecule has 3 aromatic rings. The van der Waals surface area contributed by atoms with Crippen molar-refractivity contribution < 1.29 is 4.74 Å². The van der Waals surface area contributed by atoms with E-state index in [9.17, 15) is 0 Å². The highest BCUT2D eigenvalue weighted by Gasteiger charge is 2.13. The molecular formula is C17H18ClN3OS. The summed E-state index contributed by atoms with van der Waals surface area (Å²) in [6, 6.07) is 7.64. The van der Waals surface area contributed by atoms with E-state index in [1.807, 2.05) is 12.1 Å². The summed E-state index contributed by atoms with van der Waals surface area (Å²) in [5, 5.41) is 5.05. The Morgan fingerprint density at radius 1 is 1.17 bits per heavy atom. The molecule has 6 heteroatoms. The third kappa shape index (κ3) is 3.26. The van der Waals surface area contributed by atoms with Crippen LogP contribution in [0.2, 0.25) is 5.02 Å². The quantitative estimate of drug-likeness (QED) is 0.687. The first-order valence-corrected chi connectivity index (χ1v) is 8.74. The van der Waals surface area contributed by atoms with Gasteiger partial charge in [0.25, 0.3) is 0 Å². The molecule has 0 radical (unpaired) electrons. The van der Waals surface area contributed by atoms with Gasteiger partial charge in [-0.1, -0.05) is 25.4 Å². The van der Waals surface area contributed by atoms with E-state index in [1.54, 1.807) is 24.5 Å². The van der Waals surface area contributed by atoms with E-state index in [2.05, 4.69) is 35.2 Å². The van der Waals surface area contributed by atoms with Crippen molar-refractivity contribution >= 4 is 44.7 Å². The molecule has 4 nitrogen and oxygen atoms in total. The van der Waals surface area contributed by atoms with Gasteiger partial charge in [-0.3, -0.25) is 0 Å². The Labute approximate surface area is 144 Å². The molecule has 1 N–H and O–H groups in total. The number of aryl methyl sites for hydroxylation is 2. The molecule has 0 saturated heterocycles. The van der Waals surface area contributed by atoms with Gasteiger partial charge in [0.2, 0.25) is 0 Å². The van der Waals surface area contributed by atoms with Crippen molar-refractivity contribution in [3.63, 3.8) is 0 Å². The van der Waals surface area contributed by atoms with Crippen molar-refractivity contribution in [3.8, 4) is 5.75 Å². The van der Waals surface area contributed by atoms with Gasteiger partial charge >= 0.3 is 0 Å². The Kier molecular flexibility index (Phi) is 4.68. The fourth-order valence-corrected chi connectivity index (χ4v) is 3.51. The molecule has 0 spiro atoms. The van der Waals surface area contributed by atoms with E-state index in [1.165, 1.54) is 4.88 Å². The van der Waals surface area contributed by atoms with Gasteiger partial charge < -0.3 is 10.1 Å². The minimum absolute atomic E-state index is 0.647. The van der Waals surface area contributed by atoms with Crippen LogP contribution in [-0.2, 0) is 12.8 Å². The molecule has 0 unspecified atom stereocenters. The lowest BCUT2D eigenvalue weighted by molar-refractivity contribution is 0.417. The van der Waals surface area contributed by atoms with E-state index in [4.69, 9.17) is 16.3 Å². The number of thiophene rings is 1. The van der Waals surface area contributed by atoms with Crippen molar-refractivity contribution in [1.29, 1.82) is 0 Å². The third-order valence-corrected chi connectivity index (χ3v) is 4.98. The van der Waals surface area contributed by atoms with Gasteiger partial charge in [0.15, 0.2) is 0 Å². The molecule has 2 aromatic heterocycles. The normalized spacial score (nSPS) is 11.0. The lowest BCUT2D eigenvalue weighted by atomic mass is 10.2. The van der Waals surface area contributed by atoms with Gasteiger partial charge in [0, 0.05) is 16.3 Å². The van der Waals surface area contributed by atoms with Crippen LogP contribution in [0.3, 0.4) is 0 Å². The first kappa shape index (κ1) is 16.0. The van der Waals surface area contributed by atoms with Crippen LogP contribution in [0.25, 0.3) is 10.2 Å². The van der Waals surface area contributed by atoms with Crippen LogP contribution >= 0.6 is 22.9 Å². The molecule has 0 saturated carbocycles. The molecule has 3 rings (SSSR count). The number of halogens is 1. The van der Waals surface area contributed by atoms with Crippen LogP contribution in [0.4, 0.5) is 11.5 Å². The minimum Gasteiger partial charge on any atom is -0.495 e. The average molecular weight is 348 g/mol. The molecular weight excluding hydrogens is 330 g/mol. The fraction of sp³-hybridized carbons (Fsp3) is 0.294. The highest BCUT2D eigenvalue weighted by molar-refractivity contribution is 7.18. The molecule has 0 aliphatic carbocycles. The minimum atomic E-state index is 0.647. The van der Waals surface area contributed by atoms with E-state index in [0.29, 0.717) is 5.02 Å². The number of ether oxygens (including phenoxy) is 1. The Hall–Kier alpha value is -1.85. The zero-order chi connectivity index (χ0) is 16.4. The Morgan fingerprint density at radius 3 is 2.70 bits per heavy atom. The summed E-state index contributed by atoms with van der Waals surface area (Å²) in [6.45, 7) is 4.20. The van der Waals surface area contributed by atoms with Crippen molar-refractivity contribution in [2.45, 2.75) is 26.7 Å². The second kappa shape index (κ2) is 6.72. The summed E-state index contributed by atoms with van der Waals surface area (Å²) in [5.41, 5.74) is 0.798. The number of benzene rings is 1. The van der Waals surface area contributed by atoms with Crippen LogP contribution in [-0.4, -0.2) is 17.1 Å². The Morgan fingerprint density at radius 2 is 2.00 bits per heavy atom. The largest absolute Gasteiger partial charge is 0.495 e. The lowest BCUT2D eigenvalue weighted by Crippen LogP contribution is -2.01. The van der Waals surface area contributed by atoms with E-state index >= 15 is 0 Å². The van der Waals surface area contributed by atoms with Crippen molar-refractivity contribution in [3.05, 3.63) is 40.0 Å². The number of rotatable bonds is 5. The number of methoxy groups -OCH3 is 1. The van der Waals surface area contributed by atoms with Gasteiger partial charge in [-0.2, -0.15) is 0 Å². The molecule has 2 heterocycles. The maximum Gasteiger partial charge on any atom is 0.143 e. The van der Waals surface area contributed by atoms with E-state index in [0.717, 1.165) is 46.1 Å². The first-order chi connectivity index (χ1) is 11.1. The molecule has 0 aliphatic heterocycles. The molecule has 0 fully saturated rings. The highest BCUT2D eigenvalue weighted by Crippen LogP contribution is 2.34. The number of fused-ring (bicyclic) bond motifs is 1.